The molecule has 0 aliphatic carbocycles. The van der Waals surface area contributed by atoms with Crippen molar-refractivity contribution in [1.82, 2.24) is 19.5 Å². The van der Waals surface area contributed by atoms with Crippen molar-refractivity contribution < 1.29 is 33.3 Å². The van der Waals surface area contributed by atoms with Crippen LogP contribution in [0.3, 0.4) is 0 Å². The Morgan fingerprint density at radius 1 is 1.33 bits per heavy atom. The number of aliphatic hydroxyl groups is 2. The van der Waals surface area contributed by atoms with Crippen LogP contribution in [0.4, 0.5) is 5.82 Å². The largest absolute Gasteiger partial charge is 0.387 e. The molecule has 3 aromatic rings. The molecule has 2 saturated heterocycles. The lowest BCUT2D eigenvalue weighted by Gasteiger charge is -2.32. The third kappa shape index (κ3) is 5.17. The number of hydrogen-bond acceptors (Lipinski definition) is 11. The van der Waals surface area contributed by atoms with Gasteiger partial charge >= 0.3 is 6.72 Å². The highest BCUT2D eigenvalue weighted by Crippen LogP contribution is 2.57. The van der Waals surface area contributed by atoms with E-state index in [-0.39, 0.29) is 24.4 Å². The van der Waals surface area contributed by atoms with Crippen LogP contribution in [0.5, 0.6) is 0 Å². The van der Waals surface area contributed by atoms with Gasteiger partial charge in [0.1, 0.15) is 24.6 Å². The fourth-order valence-corrected chi connectivity index (χ4v) is 6.38. The number of ether oxygens (including phenoxy) is 1. The maximum Gasteiger partial charge on any atom is 0.327 e. The third-order valence-corrected chi connectivity index (χ3v) is 8.37. The summed E-state index contributed by atoms with van der Waals surface area (Å²) < 4.78 is 24.8. The maximum absolute atomic E-state index is 11.5. The highest BCUT2D eigenvalue weighted by atomic mass is 35.5. The third-order valence-electron chi connectivity index (χ3n) is 5.77. The first-order valence-corrected chi connectivity index (χ1v) is 14.0. The highest BCUT2D eigenvalue weighted by Gasteiger charge is 2.45. The van der Waals surface area contributed by atoms with Gasteiger partial charge in [-0.1, -0.05) is 23.7 Å². The average Bonchev–Trinajstić information content (AvgIpc) is 3.39. The van der Waals surface area contributed by atoms with Crippen molar-refractivity contribution in [2.75, 3.05) is 18.5 Å². The number of anilines is 1. The Balaban J connectivity index is 1.28. The fraction of sp³-hybridized carbons (Fsp3) is 0.429. The molecule has 0 radical (unpaired) electrons. The number of rotatable bonds is 6. The van der Waals surface area contributed by atoms with E-state index in [9.17, 15) is 15.0 Å². The van der Waals surface area contributed by atoms with Gasteiger partial charge in [-0.05, 0) is 29.5 Å². The summed E-state index contributed by atoms with van der Waals surface area (Å²) in [4.78, 5) is 23.9. The number of amides is 1. The molecule has 2 fully saturated rings. The van der Waals surface area contributed by atoms with Crippen LogP contribution in [0.25, 0.3) is 11.2 Å². The number of benzene rings is 1. The summed E-state index contributed by atoms with van der Waals surface area (Å²) in [6, 6.07) is 7.30. The first-order valence-electron chi connectivity index (χ1n) is 11.0. The maximum atomic E-state index is 11.5. The normalized spacial score (nSPS) is 30.5. The predicted molar refractivity (Wildman–Crippen MR) is 132 cm³/mol. The monoisotopic (exact) mass is 555 g/mol. The molecule has 15 heteroatoms. The summed E-state index contributed by atoms with van der Waals surface area (Å²) in [6.45, 7) is -1.64. The van der Waals surface area contributed by atoms with Crippen LogP contribution in [0.2, 0.25) is 5.02 Å². The zero-order valence-electron chi connectivity index (χ0n) is 18.9. The van der Waals surface area contributed by atoms with Crippen LogP contribution in [-0.4, -0.2) is 67.2 Å². The molecule has 4 heterocycles. The fourth-order valence-electron chi connectivity index (χ4n) is 4.07. The van der Waals surface area contributed by atoms with Crippen molar-refractivity contribution in [2.45, 2.75) is 44.0 Å². The number of carbonyl (C=O) groups excluding carboxylic acids is 1. The van der Waals surface area contributed by atoms with Gasteiger partial charge in [0.25, 0.3) is 0 Å². The second-order valence-corrected chi connectivity index (χ2v) is 11.7. The van der Waals surface area contributed by atoms with E-state index in [0.29, 0.717) is 29.2 Å². The quantitative estimate of drug-likeness (QED) is 0.385. The van der Waals surface area contributed by atoms with Gasteiger partial charge in [0.15, 0.2) is 23.2 Å². The predicted octanol–water partition coefficient (Wildman–Crippen LogP) is 2.48. The summed E-state index contributed by atoms with van der Waals surface area (Å²) in [5, 5.41) is 24.5. The lowest BCUT2D eigenvalue weighted by Crippen LogP contribution is -2.34. The molecule has 0 spiro atoms. The van der Waals surface area contributed by atoms with E-state index < -0.39 is 31.3 Å². The Bertz CT molecular complexity index is 1330. The van der Waals surface area contributed by atoms with Gasteiger partial charge in [0, 0.05) is 18.4 Å². The summed E-state index contributed by atoms with van der Waals surface area (Å²) >= 11 is 11.6. The number of hydrogen-bond donors (Lipinski definition) is 3. The molecule has 3 N–H and O–H groups in total. The molecule has 2 aliphatic heterocycles. The molecule has 0 bridgehead atoms. The van der Waals surface area contributed by atoms with Crippen LogP contribution in [0.15, 0.2) is 36.9 Å². The van der Waals surface area contributed by atoms with Gasteiger partial charge in [-0.15, -0.1) is 0 Å². The molecule has 5 rings (SSSR count). The Morgan fingerprint density at radius 2 is 2.17 bits per heavy atom. The van der Waals surface area contributed by atoms with Crippen molar-refractivity contribution in [3.8, 4) is 0 Å². The first kappa shape index (κ1) is 25.6. The van der Waals surface area contributed by atoms with Gasteiger partial charge in [-0.25, -0.2) is 15.0 Å². The topological polar surface area (TPSA) is 150 Å². The molecule has 2 unspecified atom stereocenters. The average molecular weight is 556 g/mol. The standard InChI is InChI=1S/C21H23ClN5O7PS/c1-11(28)26-19-16-20(24-9-23-19)27(10-25-16)21-18(30)17(29)15(33-21)8-32-35(36)31-6-5-14(34-35)12-3-2-4-13(22)7-12/h2-4,7,9-10,14-15,17-18,21,29-30H,5-6,8H2,1H3,(H,23,24,26,28)/t14?,15-,17+,18+,21-,35?/m1/s1. The van der Waals surface area contributed by atoms with Crippen LogP contribution >= 0.6 is 18.3 Å². The number of halogens is 1. The molecule has 2 aromatic heterocycles. The van der Waals surface area contributed by atoms with Crippen LogP contribution in [0, 0.1) is 0 Å². The van der Waals surface area contributed by atoms with Crippen molar-refractivity contribution in [3.05, 3.63) is 47.5 Å². The Labute approximate surface area is 215 Å². The van der Waals surface area contributed by atoms with Crippen molar-refractivity contribution >= 4 is 53.0 Å². The molecular formula is C21H23ClN5O7PS. The number of imidazole rings is 1. The Morgan fingerprint density at radius 3 is 2.94 bits per heavy atom. The number of fused-ring (bicyclic) bond motifs is 1. The van der Waals surface area contributed by atoms with Gasteiger partial charge in [-0.3, -0.25) is 9.36 Å². The Hall–Kier alpha value is -2.06. The first-order chi connectivity index (χ1) is 17.2. The molecule has 0 saturated carbocycles. The number of aliphatic hydroxyl groups excluding tert-OH is 2. The van der Waals surface area contributed by atoms with Crippen molar-refractivity contribution in [2.24, 2.45) is 0 Å². The second-order valence-electron chi connectivity index (χ2n) is 8.29. The molecule has 192 valence electrons. The van der Waals surface area contributed by atoms with Crippen LogP contribution in [0.1, 0.15) is 31.2 Å². The van der Waals surface area contributed by atoms with E-state index in [1.165, 1.54) is 24.1 Å². The van der Waals surface area contributed by atoms with E-state index in [0.717, 1.165) is 5.56 Å². The molecule has 12 nitrogen and oxygen atoms in total. The van der Waals surface area contributed by atoms with Gasteiger partial charge in [0.05, 0.1) is 25.6 Å². The minimum Gasteiger partial charge on any atom is -0.387 e. The van der Waals surface area contributed by atoms with Crippen LogP contribution < -0.4 is 5.32 Å². The highest BCUT2D eigenvalue weighted by molar-refractivity contribution is 8.07. The number of aromatic nitrogens is 4. The summed E-state index contributed by atoms with van der Waals surface area (Å²) in [7, 11) is 0. The molecule has 6 atom stereocenters. The van der Waals surface area contributed by atoms with Gasteiger partial charge in [-0.2, -0.15) is 0 Å². The van der Waals surface area contributed by atoms with E-state index in [1.54, 1.807) is 12.1 Å². The smallest absolute Gasteiger partial charge is 0.327 e. The molecule has 1 aromatic carbocycles. The number of nitrogens with zero attached hydrogens (tertiary/aromatic N) is 4. The van der Waals surface area contributed by atoms with E-state index in [4.69, 9.17) is 41.7 Å². The summed E-state index contributed by atoms with van der Waals surface area (Å²) in [5.41, 5.74) is 1.48. The summed E-state index contributed by atoms with van der Waals surface area (Å²) in [6.07, 6.45) is -1.68. The van der Waals surface area contributed by atoms with E-state index in [1.807, 2.05) is 12.1 Å². The minimum atomic E-state index is -3.15. The molecular weight excluding hydrogens is 533 g/mol. The SMILES string of the molecule is CC(=O)Nc1ncnc2c1ncn2[C@@H]1O[C@H](COP2(=S)OCCC(c3cccc(Cl)c3)O2)[C@H](O)[C@@H]1O. The van der Waals surface area contributed by atoms with E-state index in [2.05, 4.69) is 20.3 Å². The lowest BCUT2D eigenvalue weighted by atomic mass is 10.1. The van der Waals surface area contributed by atoms with Crippen molar-refractivity contribution in [1.29, 1.82) is 0 Å². The lowest BCUT2D eigenvalue weighted by molar-refractivity contribution is -0.114. The zero-order valence-corrected chi connectivity index (χ0v) is 21.4. The van der Waals surface area contributed by atoms with Crippen molar-refractivity contribution in [3.63, 3.8) is 0 Å². The summed E-state index contributed by atoms with van der Waals surface area (Å²) in [5.74, 6) is -0.0989. The second kappa shape index (κ2) is 10.4. The van der Waals surface area contributed by atoms with Gasteiger partial charge < -0.3 is 33.8 Å². The molecule has 1 amide bonds. The number of nitrogens with one attached hydrogen (secondary N) is 1. The minimum absolute atomic E-state index is 0.174. The van der Waals surface area contributed by atoms with Crippen LogP contribution in [-0.2, 0) is 34.9 Å². The van der Waals surface area contributed by atoms with Gasteiger partial charge in [0.2, 0.25) is 5.91 Å². The molecule has 2 aliphatic rings. The zero-order chi connectivity index (χ0) is 25.4. The Kier molecular flexibility index (Phi) is 7.37. The van der Waals surface area contributed by atoms with E-state index >= 15 is 0 Å². The number of carbonyl (C=O) groups is 1. The molecule has 36 heavy (non-hydrogen) atoms.